The number of carbonyl (C=O) groups excluding carboxylic acids is 1. The predicted octanol–water partition coefficient (Wildman–Crippen LogP) is 0.950. The van der Waals surface area contributed by atoms with Crippen LogP contribution in [0.4, 0.5) is 11.6 Å². The fraction of sp³-hybridized carbons (Fsp3) is 0.600. The Balaban J connectivity index is 3.15. The number of hydrogen-bond acceptors (Lipinski definition) is 5. The lowest BCUT2D eigenvalue weighted by atomic mass is 10.2. The molecule has 3 N–H and O–H groups in total. The number of anilines is 2. The quantitative estimate of drug-likeness (QED) is 0.747. The molecule has 0 saturated carbocycles. The number of nitrogens with zero attached hydrogens (tertiary/aromatic N) is 2. The third-order valence-corrected chi connectivity index (χ3v) is 2.16. The monoisotopic (exact) mass is 226 g/mol. The van der Waals surface area contributed by atoms with E-state index in [2.05, 4.69) is 29.0 Å². The first-order valence-corrected chi connectivity index (χ1v) is 5.13. The van der Waals surface area contributed by atoms with Gasteiger partial charge in [0, 0.05) is 13.6 Å². The second-order valence-corrected chi connectivity index (χ2v) is 3.93. The van der Waals surface area contributed by atoms with Crippen LogP contribution in [0, 0.1) is 5.92 Å². The van der Waals surface area contributed by atoms with Crippen LogP contribution >= 0.6 is 0 Å². The number of carbonyl (C=O) groups is 1. The van der Waals surface area contributed by atoms with E-state index in [1.54, 1.807) is 11.7 Å². The molecule has 0 saturated heterocycles. The van der Waals surface area contributed by atoms with E-state index in [0.29, 0.717) is 29.7 Å². The molecule has 0 amide bonds. The summed E-state index contributed by atoms with van der Waals surface area (Å²) >= 11 is 0. The Kier molecular flexibility index (Phi) is 3.76. The Labute approximate surface area is 94.8 Å². The van der Waals surface area contributed by atoms with Crippen molar-refractivity contribution >= 4 is 17.6 Å². The van der Waals surface area contributed by atoms with Gasteiger partial charge in [0.15, 0.2) is 5.82 Å². The van der Waals surface area contributed by atoms with Crippen molar-refractivity contribution in [2.75, 3.05) is 25.2 Å². The first-order valence-electron chi connectivity index (χ1n) is 5.13. The lowest BCUT2D eigenvalue weighted by molar-refractivity contribution is 0.0603. The number of hydrogen-bond donors (Lipinski definition) is 2. The van der Waals surface area contributed by atoms with Gasteiger partial charge in [0.25, 0.3) is 0 Å². The smallest absolute Gasteiger partial charge is 0.345 e. The third-order valence-electron chi connectivity index (χ3n) is 2.16. The minimum atomic E-state index is -0.475. The van der Waals surface area contributed by atoms with Gasteiger partial charge in [0.1, 0.15) is 11.4 Å². The van der Waals surface area contributed by atoms with Gasteiger partial charge >= 0.3 is 5.97 Å². The number of methoxy groups -OCH3 is 1. The number of rotatable bonds is 4. The molecule has 0 aliphatic rings. The van der Waals surface area contributed by atoms with Crippen molar-refractivity contribution in [2.24, 2.45) is 5.92 Å². The number of ether oxygens (including phenoxy) is 1. The van der Waals surface area contributed by atoms with Gasteiger partial charge in [-0.25, -0.2) is 9.48 Å². The molecule has 0 aromatic carbocycles. The highest BCUT2D eigenvalue weighted by Gasteiger charge is 2.22. The van der Waals surface area contributed by atoms with Crippen molar-refractivity contribution in [3.05, 3.63) is 5.56 Å². The molecule has 0 spiro atoms. The van der Waals surface area contributed by atoms with E-state index >= 15 is 0 Å². The number of nitrogens with one attached hydrogen (secondary N) is 1. The fourth-order valence-electron chi connectivity index (χ4n) is 1.44. The van der Waals surface area contributed by atoms with E-state index in [4.69, 9.17) is 5.73 Å². The molecule has 0 unspecified atom stereocenters. The lowest BCUT2D eigenvalue weighted by Gasteiger charge is -2.06. The van der Waals surface area contributed by atoms with Gasteiger partial charge in [0.2, 0.25) is 0 Å². The number of nitrogens with two attached hydrogens (primary N) is 1. The summed E-state index contributed by atoms with van der Waals surface area (Å²) in [5.74, 6) is 0.712. The number of esters is 1. The van der Waals surface area contributed by atoms with Gasteiger partial charge in [-0.3, -0.25) is 0 Å². The second kappa shape index (κ2) is 4.87. The summed E-state index contributed by atoms with van der Waals surface area (Å²) in [6.07, 6.45) is 0. The first-order chi connectivity index (χ1) is 7.51. The van der Waals surface area contributed by atoms with Crippen molar-refractivity contribution in [2.45, 2.75) is 20.4 Å². The van der Waals surface area contributed by atoms with Crippen molar-refractivity contribution < 1.29 is 9.53 Å². The summed E-state index contributed by atoms with van der Waals surface area (Å²) in [7, 11) is 3.01. The minimum absolute atomic E-state index is 0.297. The Hall–Kier alpha value is -1.72. The summed E-state index contributed by atoms with van der Waals surface area (Å²) in [4.78, 5) is 11.5. The maximum absolute atomic E-state index is 11.5. The largest absolute Gasteiger partial charge is 0.465 e. The van der Waals surface area contributed by atoms with Crippen molar-refractivity contribution in [3.8, 4) is 0 Å². The highest BCUT2D eigenvalue weighted by atomic mass is 16.5. The summed E-state index contributed by atoms with van der Waals surface area (Å²) in [5.41, 5.74) is 6.16. The Morgan fingerprint density at radius 1 is 1.62 bits per heavy atom. The summed E-state index contributed by atoms with van der Waals surface area (Å²) < 4.78 is 6.28. The highest BCUT2D eigenvalue weighted by molar-refractivity contribution is 5.99. The second-order valence-electron chi connectivity index (χ2n) is 3.93. The average molecular weight is 226 g/mol. The van der Waals surface area contributed by atoms with Gasteiger partial charge in [-0.05, 0) is 5.92 Å². The van der Waals surface area contributed by atoms with Crippen LogP contribution in [0.5, 0.6) is 0 Å². The van der Waals surface area contributed by atoms with Gasteiger partial charge in [0.05, 0.1) is 7.11 Å². The van der Waals surface area contributed by atoms with E-state index < -0.39 is 5.97 Å². The van der Waals surface area contributed by atoms with Gasteiger partial charge in [-0.2, -0.15) is 5.10 Å². The van der Waals surface area contributed by atoms with Gasteiger partial charge in [-0.1, -0.05) is 13.8 Å². The standard InChI is InChI=1S/C10H18N4O2/c1-6(2)5-14-8(11)7(10(15)16-4)9(12-3)13-14/h6H,5,11H2,1-4H3,(H,12,13). The molecule has 16 heavy (non-hydrogen) atoms. The molecule has 1 rings (SSSR count). The fourth-order valence-corrected chi connectivity index (χ4v) is 1.44. The van der Waals surface area contributed by atoms with E-state index in [-0.39, 0.29) is 0 Å². The molecular weight excluding hydrogens is 208 g/mol. The minimum Gasteiger partial charge on any atom is -0.465 e. The zero-order valence-corrected chi connectivity index (χ0v) is 10.1. The summed E-state index contributed by atoms with van der Waals surface area (Å²) in [5, 5.41) is 7.05. The normalized spacial score (nSPS) is 10.6. The van der Waals surface area contributed by atoms with E-state index in [9.17, 15) is 4.79 Å². The molecule has 1 aromatic rings. The van der Waals surface area contributed by atoms with E-state index in [1.807, 2.05) is 0 Å². The Morgan fingerprint density at radius 2 is 2.25 bits per heavy atom. The third kappa shape index (κ3) is 2.26. The van der Waals surface area contributed by atoms with Crippen LogP contribution in [0.15, 0.2) is 0 Å². The van der Waals surface area contributed by atoms with Gasteiger partial charge in [-0.15, -0.1) is 0 Å². The van der Waals surface area contributed by atoms with Crippen LogP contribution in [0.1, 0.15) is 24.2 Å². The van der Waals surface area contributed by atoms with Crippen molar-refractivity contribution in [3.63, 3.8) is 0 Å². The Bertz CT molecular complexity index is 384. The number of aromatic nitrogens is 2. The van der Waals surface area contributed by atoms with E-state index in [1.165, 1.54) is 7.11 Å². The van der Waals surface area contributed by atoms with Crippen LogP contribution in [-0.2, 0) is 11.3 Å². The highest BCUT2D eigenvalue weighted by Crippen LogP contribution is 2.22. The van der Waals surface area contributed by atoms with Crippen LogP contribution in [0.2, 0.25) is 0 Å². The van der Waals surface area contributed by atoms with Crippen LogP contribution < -0.4 is 11.1 Å². The lowest BCUT2D eigenvalue weighted by Crippen LogP contribution is -2.11. The first kappa shape index (κ1) is 12.4. The van der Waals surface area contributed by atoms with E-state index in [0.717, 1.165) is 0 Å². The SMILES string of the molecule is CNc1nn(CC(C)C)c(N)c1C(=O)OC. The summed E-state index contributed by atoms with van der Waals surface area (Å²) in [6.45, 7) is 4.77. The van der Waals surface area contributed by atoms with Crippen LogP contribution in [0.3, 0.4) is 0 Å². The topological polar surface area (TPSA) is 82.2 Å². The van der Waals surface area contributed by atoms with Gasteiger partial charge < -0.3 is 15.8 Å². The van der Waals surface area contributed by atoms with Crippen LogP contribution in [-0.4, -0.2) is 29.9 Å². The average Bonchev–Trinajstić information content (AvgIpc) is 2.54. The molecule has 0 radical (unpaired) electrons. The molecule has 6 nitrogen and oxygen atoms in total. The molecule has 0 atom stereocenters. The van der Waals surface area contributed by atoms with Crippen LogP contribution in [0.25, 0.3) is 0 Å². The zero-order valence-electron chi connectivity index (χ0n) is 10.1. The molecule has 0 fully saturated rings. The predicted molar refractivity (Wildman–Crippen MR) is 62.4 cm³/mol. The zero-order chi connectivity index (χ0) is 12.3. The maximum Gasteiger partial charge on any atom is 0.345 e. The molecular formula is C10H18N4O2. The molecule has 0 bridgehead atoms. The molecule has 0 aliphatic carbocycles. The van der Waals surface area contributed by atoms with Crippen molar-refractivity contribution in [1.82, 2.24) is 9.78 Å². The molecule has 6 heteroatoms. The molecule has 0 aliphatic heterocycles. The molecule has 90 valence electrons. The maximum atomic E-state index is 11.5. The number of nitrogen functional groups attached to an aromatic ring is 1. The van der Waals surface area contributed by atoms with Crippen molar-refractivity contribution in [1.29, 1.82) is 0 Å². The summed E-state index contributed by atoms with van der Waals surface area (Å²) in [6, 6.07) is 0. The Morgan fingerprint density at radius 3 is 2.69 bits per heavy atom. The molecule has 1 heterocycles. The molecule has 1 aromatic heterocycles.